The van der Waals surface area contributed by atoms with E-state index in [9.17, 15) is 9.59 Å². The number of aliphatic imine (C=N–C) groups is 1. The van der Waals surface area contributed by atoms with Crippen LogP contribution in [-0.2, 0) is 4.84 Å². The van der Waals surface area contributed by atoms with Crippen LogP contribution in [0.5, 0.6) is 0 Å². The van der Waals surface area contributed by atoms with Crippen LogP contribution in [0.1, 0.15) is 29.8 Å². The standard InChI is InChI=1S/C17H15N5O3/c23-13(16-11-4-6-15(24)21-17(11)20-9-19-16)5-3-10-8-14(25-22-10)12-2-1-7-18-12/h1,4,6-9,14,22H,2-3,5H2,(H,19,20,21,24). The van der Waals surface area contributed by atoms with Crippen molar-refractivity contribution in [3.05, 3.63) is 58.6 Å². The van der Waals surface area contributed by atoms with Crippen LogP contribution in [0, 0.1) is 0 Å². The molecule has 8 nitrogen and oxygen atoms in total. The van der Waals surface area contributed by atoms with Gasteiger partial charge in [-0.25, -0.2) is 9.97 Å². The number of hydroxylamine groups is 1. The summed E-state index contributed by atoms with van der Waals surface area (Å²) in [7, 11) is 0. The molecule has 0 bridgehead atoms. The van der Waals surface area contributed by atoms with E-state index in [0.29, 0.717) is 23.1 Å². The van der Waals surface area contributed by atoms with Gasteiger partial charge in [0.25, 0.3) is 0 Å². The number of nitrogens with one attached hydrogen (secondary N) is 2. The third kappa shape index (κ3) is 3.11. The largest absolute Gasteiger partial charge is 0.306 e. The Balaban J connectivity index is 1.46. The predicted octanol–water partition coefficient (Wildman–Crippen LogP) is 1.43. The van der Waals surface area contributed by atoms with Crippen LogP contribution in [0.15, 0.2) is 52.3 Å². The zero-order valence-corrected chi connectivity index (χ0v) is 13.2. The number of aromatic amines is 1. The molecule has 25 heavy (non-hydrogen) atoms. The first-order chi connectivity index (χ1) is 12.2. The second kappa shape index (κ2) is 6.40. The molecule has 0 aliphatic carbocycles. The number of nitrogens with zero attached hydrogens (tertiary/aromatic N) is 3. The molecule has 0 saturated carbocycles. The molecule has 8 heteroatoms. The lowest BCUT2D eigenvalue weighted by Gasteiger charge is -2.06. The first kappa shape index (κ1) is 15.4. The molecule has 1 unspecified atom stereocenters. The molecular weight excluding hydrogens is 322 g/mol. The molecule has 0 saturated heterocycles. The summed E-state index contributed by atoms with van der Waals surface area (Å²) in [5.74, 6) is -0.120. The number of allylic oxidation sites excluding steroid dienone is 2. The minimum atomic E-state index is -0.266. The molecule has 0 aromatic carbocycles. The summed E-state index contributed by atoms with van der Waals surface area (Å²) < 4.78 is 0. The highest BCUT2D eigenvalue weighted by Crippen LogP contribution is 2.19. The Kier molecular flexibility index (Phi) is 3.95. The molecule has 0 amide bonds. The van der Waals surface area contributed by atoms with Crippen molar-refractivity contribution in [1.82, 2.24) is 20.4 Å². The zero-order valence-electron chi connectivity index (χ0n) is 13.2. The van der Waals surface area contributed by atoms with Crippen molar-refractivity contribution in [2.75, 3.05) is 0 Å². The van der Waals surface area contributed by atoms with Crippen molar-refractivity contribution in [1.29, 1.82) is 0 Å². The van der Waals surface area contributed by atoms with Gasteiger partial charge < -0.3 is 4.98 Å². The van der Waals surface area contributed by atoms with Crippen LogP contribution in [0.25, 0.3) is 11.0 Å². The molecule has 4 rings (SSSR count). The van der Waals surface area contributed by atoms with Crippen LogP contribution in [0.4, 0.5) is 0 Å². The van der Waals surface area contributed by atoms with Crippen LogP contribution in [-0.4, -0.2) is 32.6 Å². The van der Waals surface area contributed by atoms with Crippen molar-refractivity contribution in [2.24, 2.45) is 4.99 Å². The molecule has 4 heterocycles. The number of aromatic nitrogens is 3. The molecule has 126 valence electrons. The lowest BCUT2D eigenvalue weighted by molar-refractivity contribution is 0.0751. The fraction of sp³-hybridized carbons (Fsp3) is 0.235. The summed E-state index contributed by atoms with van der Waals surface area (Å²) in [4.78, 5) is 44.3. The Morgan fingerprint density at radius 3 is 3.08 bits per heavy atom. The van der Waals surface area contributed by atoms with Crippen LogP contribution >= 0.6 is 0 Å². The van der Waals surface area contributed by atoms with Gasteiger partial charge in [0.05, 0.1) is 5.71 Å². The molecule has 0 radical (unpaired) electrons. The molecule has 0 fully saturated rings. The van der Waals surface area contributed by atoms with Crippen LogP contribution in [0.2, 0.25) is 0 Å². The smallest absolute Gasteiger partial charge is 0.249 e. The van der Waals surface area contributed by atoms with E-state index in [-0.39, 0.29) is 23.9 Å². The minimum Gasteiger partial charge on any atom is -0.306 e. The Bertz CT molecular complexity index is 989. The van der Waals surface area contributed by atoms with Gasteiger partial charge in [-0.2, -0.15) is 0 Å². The maximum atomic E-state index is 12.5. The summed E-state index contributed by atoms with van der Waals surface area (Å²) in [5.41, 5.74) is 5.05. The first-order valence-corrected chi connectivity index (χ1v) is 7.92. The maximum absolute atomic E-state index is 12.5. The number of Topliss-reactive ketones (excluding diaryl/α,β-unsaturated/α-hetero) is 1. The number of carbonyl (C=O) groups is 1. The van der Waals surface area contributed by atoms with E-state index in [0.717, 1.165) is 17.8 Å². The van der Waals surface area contributed by atoms with Gasteiger partial charge in [0.2, 0.25) is 5.56 Å². The third-order valence-electron chi connectivity index (χ3n) is 4.08. The molecule has 2 aromatic rings. The number of hydrogen-bond donors (Lipinski definition) is 2. The fourth-order valence-corrected chi connectivity index (χ4v) is 2.81. The lowest BCUT2D eigenvalue weighted by atomic mass is 10.1. The average Bonchev–Trinajstić information content (AvgIpc) is 3.30. The van der Waals surface area contributed by atoms with E-state index in [1.165, 1.54) is 12.4 Å². The van der Waals surface area contributed by atoms with Crippen molar-refractivity contribution in [3.8, 4) is 0 Å². The maximum Gasteiger partial charge on any atom is 0.249 e. The number of ketones is 1. The van der Waals surface area contributed by atoms with Gasteiger partial charge in [-0.3, -0.25) is 24.9 Å². The van der Waals surface area contributed by atoms with Gasteiger partial charge in [0, 0.05) is 36.2 Å². The average molecular weight is 337 g/mol. The number of fused-ring (bicyclic) bond motifs is 1. The number of hydrogen-bond acceptors (Lipinski definition) is 7. The summed E-state index contributed by atoms with van der Waals surface area (Å²) in [6.45, 7) is 0. The van der Waals surface area contributed by atoms with Gasteiger partial charge in [-0.05, 0) is 18.6 Å². The monoisotopic (exact) mass is 337 g/mol. The van der Waals surface area contributed by atoms with E-state index in [4.69, 9.17) is 4.84 Å². The van der Waals surface area contributed by atoms with Crippen molar-refractivity contribution in [3.63, 3.8) is 0 Å². The highest BCUT2D eigenvalue weighted by molar-refractivity contribution is 6.04. The van der Waals surface area contributed by atoms with Crippen LogP contribution < -0.4 is 11.0 Å². The Morgan fingerprint density at radius 2 is 2.24 bits per heavy atom. The molecule has 2 aromatic heterocycles. The van der Waals surface area contributed by atoms with Crippen molar-refractivity contribution < 1.29 is 9.63 Å². The topological polar surface area (TPSA) is 109 Å². The van der Waals surface area contributed by atoms with Gasteiger partial charge in [0.15, 0.2) is 5.78 Å². The SMILES string of the molecule is O=C(CCC1=CC(C2=NC=CC2)ON1)c1ncnc2[nH]c(=O)ccc12. The van der Waals surface area contributed by atoms with E-state index >= 15 is 0 Å². The quantitative estimate of drug-likeness (QED) is 0.799. The van der Waals surface area contributed by atoms with Crippen molar-refractivity contribution in [2.45, 2.75) is 25.4 Å². The normalized spacial score (nSPS) is 19.0. The third-order valence-corrected chi connectivity index (χ3v) is 4.08. The molecule has 2 aliphatic heterocycles. The van der Waals surface area contributed by atoms with E-state index in [2.05, 4.69) is 25.4 Å². The summed E-state index contributed by atoms with van der Waals surface area (Å²) >= 11 is 0. The predicted molar refractivity (Wildman–Crippen MR) is 91.0 cm³/mol. The molecule has 2 N–H and O–H groups in total. The van der Waals surface area contributed by atoms with Gasteiger partial charge >= 0.3 is 0 Å². The van der Waals surface area contributed by atoms with Gasteiger partial charge in [-0.1, -0.05) is 6.08 Å². The molecular formula is C17H15N5O3. The van der Waals surface area contributed by atoms with E-state index in [1.807, 2.05) is 12.2 Å². The van der Waals surface area contributed by atoms with Gasteiger partial charge in [0.1, 0.15) is 23.8 Å². The molecule has 2 aliphatic rings. The minimum absolute atomic E-state index is 0.120. The zero-order chi connectivity index (χ0) is 17.2. The van der Waals surface area contributed by atoms with Crippen LogP contribution in [0.3, 0.4) is 0 Å². The fourth-order valence-electron chi connectivity index (χ4n) is 2.81. The summed E-state index contributed by atoms with van der Waals surface area (Å²) in [5, 5.41) is 0.543. The second-order valence-corrected chi connectivity index (χ2v) is 5.77. The first-order valence-electron chi connectivity index (χ1n) is 7.92. The number of H-pyrrole nitrogens is 1. The van der Waals surface area contributed by atoms with E-state index < -0.39 is 0 Å². The highest BCUT2D eigenvalue weighted by Gasteiger charge is 2.23. The lowest BCUT2D eigenvalue weighted by Crippen LogP contribution is -2.20. The van der Waals surface area contributed by atoms with Gasteiger partial charge in [-0.15, -0.1) is 0 Å². The van der Waals surface area contributed by atoms with E-state index in [1.54, 1.807) is 12.3 Å². The Hall–Kier alpha value is -3.13. The highest BCUT2D eigenvalue weighted by atomic mass is 16.7. The molecule has 0 spiro atoms. The molecule has 1 atom stereocenters. The Labute approximate surface area is 142 Å². The summed E-state index contributed by atoms with van der Waals surface area (Å²) in [6, 6.07) is 2.93. The Morgan fingerprint density at radius 1 is 1.32 bits per heavy atom. The number of rotatable bonds is 5. The van der Waals surface area contributed by atoms with Crippen molar-refractivity contribution >= 4 is 22.5 Å². The summed E-state index contributed by atoms with van der Waals surface area (Å²) in [6.07, 6.45) is 8.32. The second-order valence-electron chi connectivity index (χ2n) is 5.77. The number of carbonyl (C=O) groups excluding carboxylic acids is 1. The number of pyridine rings is 1.